The third-order valence-electron chi connectivity index (χ3n) is 3.80. The van der Waals surface area contributed by atoms with E-state index in [4.69, 9.17) is 4.42 Å². The van der Waals surface area contributed by atoms with Gasteiger partial charge in [-0.15, -0.1) is 0 Å². The van der Waals surface area contributed by atoms with Gasteiger partial charge in [0.2, 0.25) is 5.91 Å². The number of urea groups is 1. The maximum atomic E-state index is 11.7. The van der Waals surface area contributed by atoms with E-state index < -0.39 is 0 Å². The van der Waals surface area contributed by atoms with Crippen LogP contribution in [0.4, 0.5) is 10.5 Å². The van der Waals surface area contributed by atoms with Crippen molar-refractivity contribution in [3.05, 3.63) is 54.0 Å². The van der Waals surface area contributed by atoms with Gasteiger partial charge in [0.05, 0.1) is 19.4 Å². The summed E-state index contributed by atoms with van der Waals surface area (Å²) in [4.78, 5) is 25.2. The van der Waals surface area contributed by atoms with Crippen molar-refractivity contribution in [2.45, 2.75) is 13.1 Å². The van der Waals surface area contributed by atoms with Crippen molar-refractivity contribution in [3.63, 3.8) is 0 Å². The molecule has 1 aliphatic heterocycles. The van der Waals surface area contributed by atoms with E-state index in [1.165, 1.54) is 0 Å². The highest BCUT2D eigenvalue weighted by Crippen LogP contribution is 2.16. The normalized spacial score (nSPS) is 14.2. The highest BCUT2D eigenvalue weighted by Gasteiger charge is 2.16. The van der Waals surface area contributed by atoms with Gasteiger partial charge >= 0.3 is 6.03 Å². The van der Waals surface area contributed by atoms with Crippen LogP contribution in [0.2, 0.25) is 0 Å². The van der Waals surface area contributed by atoms with E-state index in [1.54, 1.807) is 18.4 Å². The van der Waals surface area contributed by atoms with Gasteiger partial charge in [0.15, 0.2) is 0 Å². The molecule has 0 unspecified atom stereocenters. The van der Waals surface area contributed by atoms with Crippen molar-refractivity contribution in [1.82, 2.24) is 16.0 Å². The smallest absolute Gasteiger partial charge is 0.315 e. The minimum absolute atomic E-state index is 0.0419. The number of hydrogen-bond donors (Lipinski definition) is 3. The molecule has 3 rings (SSSR count). The lowest BCUT2D eigenvalue weighted by atomic mass is 10.2. The molecule has 7 nitrogen and oxygen atoms in total. The Kier molecular flexibility index (Phi) is 5.00. The molecule has 0 saturated carbocycles. The van der Waals surface area contributed by atoms with Crippen molar-refractivity contribution in [2.75, 3.05) is 24.5 Å². The molecule has 2 aromatic rings. The zero-order valence-corrected chi connectivity index (χ0v) is 13.2. The van der Waals surface area contributed by atoms with Crippen molar-refractivity contribution >= 4 is 17.6 Å². The number of carbonyl (C=O) groups is 2. The van der Waals surface area contributed by atoms with E-state index in [0.717, 1.165) is 17.8 Å². The predicted octanol–water partition coefficient (Wildman–Crippen LogP) is 1.22. The Balaban J connectivity index is 1.45. The minimum Gasteiger partial charge on any atom is -0.467 e. The molecular formula is C17H20N4O3. The zero-order valence-electron chi connectivity index (χ0n) is 13.2. The van der Waals surface area contributed by atoms with E-state index in [9.17, 15) is 9.59 Å². The van der Waals surface area contributed by atoms with Crippen LogP contribution in [-0.2, 0) is 17.9 Å². The Bertz CT molecular complexity index is 682. The number of hydrogen-bond acceptors (Lipinski definition) is 4. The zero-order chi connectivity index (χ0) is 16.8. The molecule has 126 valence electrons. The lowest BCUT2D eigenvalue weighted by molar-refractivity contribution is -0.120. The Hall–Kier alpha value is -2.96. The van der Waals surface area contributed by atoms with E-state index in [1.807, 2.05) is 29.2 Å². The fourth-order valence-corrected chi connectivity index (χ4v) is 2.51. The van der Waals surface area contributed by atoms with Crippen LogP contribution < -0.4 is 20.9 Å². The molecule has 1 aliphatic rings. The molecule has 1 fully saturated rings. The van der Waals surface area contributed by atoms with E-state index >= 15 is 0 Å². The average molecular weight is 328 g/mol. The van der Waals surface area contributed by atoms with Gasteiger partial charge in [0.25, 0.3) is 0 Å². The number of nitrogens with zero attached hydrogens (tertiary/aromatic N) is 1. The molecule has 0 radical (unpaired) electrons. The predicted molar refractivity (Wildman–Crippen MR) is 89.4 cm³/mol. The first-order chi connectivity index (χ1) is 11.7. The van der Waals surface area contributed by atoms with Crippen molar-refractivity contribution in [1.29, 1.82) is 0 Å². The summed E-state index contributed by atoms with van der Waals surface area (Å²) in [6.45, 7) is 2.64. The number of amides is 3. The average Bonchev–Trinajstić information content (AvgIpc) is 3.12. The van der Waals surface area contributed by atoms with Crippen molar-refractivity contribution in [3.8, 4) is 0 Å². The number of piperazine rings is 1. The summed E-state index contributed by atoms with van der Waals surface area (Å²) in [6.07, 6.45) is 1.57. The summed E-state index contributed by atoms with van der Waals surface area (Å²) >= 11 is 0. The second kappa shape index (κ2) is 7.54. The van der Waals surface area contributed by atoms with Gasteiger partial charge in [-0.3, -0.25) is 4.79 Å². The molecular weight excluding hydrogens is 308 g/mol. The standard InChI is InChI=1S/C17H20N4O3/c22-16-12-21(8-7-18-16)14-5-3-13(4-6-14)10-19-17(23)20-11-15-2-1-9-24-15/h1-6,9H,7-8,10-12H2,(H,18,22)(H2,19,20,23). The minimum atomic E-state index is -0.247. The lowest BCUT2D eigenvalue weighted by Crippen LogP contribution is -2.47. The van der Waals surface area contributed by atoms with Crippen LogP contribution in [-0.4, -0.2) is 31.6 Å². The van der Waals surface area contributed by atoms with Gasteiger partial charge in [-0.1, -0.05) is 12.1 Å². The molecule has 24 heavy (non-hydrogen) atoms. The molecule has 1 saturated heterocycles. The van der Waals surface area contributed by atoms with Gasteiger partial charge < -0.3 is 25.3 Å². The van der Waals surface area contributed by atoms with Crippen LogP contribution in [0, 0.1) is 0 Å². The molecule has 3 N–H and O–H groups in total. The van der Waals surface area contributed by atoms with E-state index in [0.29, 0.717) is 31.9 Å². The van der Waals surface area contributed by atoms with Crippen molar-refractivity contribution in [2.24, 2.45) is 0 Å². The molecule has 2 heterocycles. The second-order valence-electron chi connectivity index (χ2n) is 5.55. The summed E-state index contributed by atoms with van der Waals surface area (Å²) in [7, 11) is 0. The third kappa shape index (κ3) is 4.28. The summed E-state index contributed by atoms with van der Waals surface area (Å²) in [6, 6.07) is 11.2. The molecule has 1 aromatic heterocycles. The summed E-state index contributed by atoms with van der Waals surface area (Å²) in [5.74, 6) is 0.750. The Morgan fingerprint density at radius 3 is 2.67 bits per heavy atom. The third-order valence-corrected chi connectivity index (χ3v) is 3.80. The molecule has 0 atom stereocenters. The summed E-state index contributed by atoms with van der Waals surface area (Å²) in [5.41, 5.74) is 2.00. The fourth-order valence-electron chi connectivity index (χ4n) is 2.51. The highest BCUT2D eigenvalue weighted by molar-refractivity contribution is 5.82. The van der Waals surface area contributed by atoms with E-state index in [2.05, 4.69) is 16.0 Å². The maximum absolute atomic E-state index is 11.7. The topological polar surface area (TPSA) is 86.6 Å². The number of carbonyl (C=O) groups excluding carboxylic acids is 2. The number of nitrogens with one attached hydrogen (secondary N) is 3. The first-order valence-electron chi connectivity index (χ1n) is 7.85. The number of rotatable bonds is 5. The second-order valence-corrected chi connectivity index (χ2v) is 5.55. The van der Waals surface area contributed by atoms with E-state index in [-0.39, 0.29) is 11.9 Å². The van der Waals surface area contributed by atoms with Gasteiger partial charge in [-0.2, -0.15) is 0 Å². The van der Waals surface area contributed by atoms with Crippen LogP contribution >= 0.6 is 0 Å². The van der Waals surface area contributed by atoms with Crippen LogP contribution in [0.25, 0.3) is 0 Å². The number of anilines is 1. The van der Waals surface area contributed by atoms with Gasteiger partial charge in [0, 0.05) is 25.3 Å². The quantitative estimate of drug-likeness (QED) is 0.770. The van der Waals surface area contributed by atoms with Gasteiger partial charge in [-0.05, 0) is 29.8 Å². The monoisotopic (exact) mass is 328 g/mol. The molecule has 0 aliphatic carbocycles. The molecule has 0 spiro atoms. The Morgan fingerprint density at radius 1 is 1.17 bits per heavy atom. The van der Waals surface area contributed by atoms with Crippen molar-refractivity contribution < 1.29 is 14.0 Å². The first kappa shape index (κ1) is 15.9. The maximum Gasteiger partial charge on any atom is 0.315 e. The summed E-state index contributed by atoms with van der Waals surface area (Å²) in [5, 5.41) is 8.33. The lowest BCUT2D eigenvalue weighted by Gasteiger charge is -2.28. The fraction of sp³-hybridized carbons (Fsp3) is 0.294. The van der Waals surface area contributed by atoms with Gasteiger partial charge in [-0.25, -0.2) is 4.79 Å². The van der Waals surface area contributed by atoms with Crippen LogP contribution in [0.1, 0.15) is 11.3 Å². The van der Waals surface area contributed by atoms with Crippen LogP contribution in [0.15, 0.2) is 47.1 Å². The number of benzene rings is 1. The Morgan fingerprint density at radius 2 is 1.96 bits per heavy atom. The molecule has 1 aromatic carbocycles. The SMILES string of the molecule is O=C1CN(c2ccc(CNC(=O)NCc3ccco3)cc2)CCN1. The molecule has 0 bridgehead atoms. The van der Waals surface area contributed by atoms with Crippen LogP contribution in [0.5, 0.6) is 0 Å². The molecule has 7 heteroatoms. The summed E-state index contributed by atoms with van der Waals surface area (Å²) < 4.78 is 5.15. The van der Waals surface area contributed by atoms with Crippen LogP contribution in [0.3, 0.4) is 0 Å². The first-order valence-corrected chi connectivity index (χ1v) is 7.85. The number of furan rings is 1. The Labute approximate surface area is 140 Å². The highest BCUT2D eigenvalue weighted by atomic mass is 16.3. The largest absolute Gasteiger partial charge is 0.467 e. The van der Waals surface area contributed by atoms with Gasteiger partial charge in [0.1, 0.15) is 5.76 Å². The molecule has 3 amide bonds.